The quantitative estimate of drug-likeness (QED) is 0.491. The smallest absolute Gasteiger partial charge is 0.252 e. The molecule has 1 aliphatic rings. The van der Waals surface area contributed by atoms with E-state index in [0.717, 1.165) is 0 Å². The molecule has 0 saturated heterocycles. The van der Waals surface area contributed by atoms with Crippen molar-refractivity contribution in [1.29, 1.82) is 0 Å². The van der Waals surface area contributed by atoms with Gasteiger partial charge in [-0.05, 0) is 6.92 Å². The van der Waals surface area contributed by atoms with Gasteiger partial charge >= 0.3 is 0 Å². The Hall–Kier alpha value is -1.12. The van der Waals surface area contributed by atoms with Gasteiger partial charge in [0.05, 0.1) is 0 Å². The van der Waals surface area contributed by atoms with Crippen LogP contribution in [0, 0.1) is 0 Å². The molecule has 3 nitrogen and oxygen atoms in total. The second-order valence-electron chi connectivity index (χ2n) is 2.08. The summed E-state index contributed by atoms with van der Waals surface area (Å²) in [5, 5.41) is 0. The van der Waals surface area contributed by atoms with Crippen LogP contribution in [0.1, 0.15) is 13.3 Å². The Bertz CT molecular complexity index is 196. The van der Waals surface area contributed by atoms with Crippen LogP contribution in [0.15, 0.2) is 12.2 Å². The molecule has 0 aromatic rings. The first kappa shape index (κ1) is 6.99. The van der Waals surface area contributed by atoms with E-state index >= 15 is 0 Å². The molecule has 10 heavy (non-hydrogen) atoms. The average Bonchev–Trinajstić information content (AvgIpc) is 1.88. The number of carbonyl (C=O) groups excluding carboxylic acids is 2. The van der Waals surface area contributed by atoms with E-state index in [2.05, 4.69) is 0 Å². The summed E-state index contributed by atoms with van der Waals surface area (Å²) in [6, 6.07) is 0. The Morgan fingerprint density at radius 3 is 2.70 bits per heavy atom. The van der Waals surface area contributed by atoms with Crippen molar-refractivity contribution >= 4 is 11.8 Å². The predicted octanol–water partition coefficient (Wildman–Crippen LogP) is 0.321. The summed E-state index contributed by atoms with van der Waals surface area (Å²) in [6.45, 7) is 2.26. The monoisotopic (exact) mass is 139 g/mol. The fraction of sp³-hybridized carbons (Fsp3) is 0.429. The van der Waals surface area contributed by atoms with Gasteiger partial charge in [0.1, 0.15) is 0 Å². The van der Waals surface area contributed by atoms with Gasteiger partial charge in [-0.25, -0.2) is 0 Å². The SMILES string of the molecule is CCN1C(=O)C=CCC1=O. The highest BCUT2D eigenvalue weighted by Crippen LogP contribution is 2.03. The molecule has 54 valence electrons. The second kappa shape index (κ2) is 2.64. The summed E-state index contributed by atoms with van der Waals surface area (Å²) in [5.74, 6) is -0.297. The number of amides is 2. The number of hydrogen-bond acceptors (Lipinski definition) is 2. The highest BCUT2D eigenvalue weighted by Gasteiger charge is 2.19. The zero-order chi connectivity index (χ0) is 7.56. The molecule has 2 amide bonds. The third-order valence-electron chi connectivity index (χ3n) is 1.44. The third kappa shape index (κ3) is 1.07. The maximum absolute atomic E-state index is 10.9. The van der Waals surface area contributed by atoms with E-state index in [0.29, 0.717) is 13.0 Å². The molecule has 0 saturated carbocycles. The number of likely N-dealkylation sites (N-methyl/N-ethyl adjacent to an activating group) is 1. The third-order valence-corrected chi connectivity index (χ3v) is 1.44. The van der Waals surface area contributed by atoms with Gasteiger partial charge in [0, 0.05) is 19.0 Å². The van der Waals surface area contributed by atoms with E-state index in [9.17, 15) is 9.59 Å². The molecule has 0 radical (unpaired) electrons. The van der Waals surface area contributed by atoms with Crippen molar-refractivity contribution in [2.75, 3.05) is 6.54 Å². The first-order chi connectivity index (χ1) is 4.75. The molecule has 0 unspecified atom stereocenters. The van der Waals surface area contributed by atoms with Gasteiger partial charge in [0.25, 0.3) is 5.91 Å². The highest BCUT2D eigenvalue weighted by atomic mass is 16.2. The maximum atomic E-state index is 10.9. The Morgan fingerprint density at radius 1 is 1.60 bits per heavy atom. The molecule has 0 aromatic carbocycles. The molecule has 3 heteroatoms. The summed E-state index contributed by atoms with van der Waals surface area (Å²) in [4.78, 5) is 23.0. The lowest BCUT2D eigenvalue weighted by Crippen LogP contribution is -2.37. The van der Waals surface area contributed by atoms with Gasteiger partial charge in [-0.3, -0.25) is 14.5 Å². The van der Waals surface area contributed by atoms with Crippen LogP contribution in [0.4, 0.5) is 0 Å². The lowest BCUT2D eigenvalue weighted by molar-refractivity contribution is -0.141. The van der Waals surface area contributed by atoms with Gasteiger partial charge in [-0.1, -0.05) is 6.08 Å². The molecular weight excluding hydrogens is 130 g/mol. The first-order valence-electron chi connectivity index (χ1n) is 3.26. The van der Waals surface area contributed by atoms with E-state index in [1.807, 2.05) is 0 Å². The minimum atomic E-state index is -0.196. The van der Waals surface area contributed by atoms with Gasteiger partial charge in [-0.15, -0.1) is 0 Å². The molecule has 0 bridgehead atoms. The Morgan fingerprint density at radius 2 is 2.30 bits per heavy atom. The van der Waals surface area contributed by atoms with Crippen LogP contribution in [0.3, 0.4) is 0 Å². The molecule has 0 atom stereocenters. The van der Waals surface area contributed by atoms with E-state index < -0.39 is 0 Å². The number of hydrogen-bond donors (Lipinski definition) is 0. The molecule has 0 N–H and O–H groups in total. The fourth-order valence-electron chi connectivity index (χ4n) is 0.916. The van der Waals surface area contributed by atoms with Gasteiger partial charge in [-0.2, -0.15) is 0 Å². The molecule has 0 aliphatic carbocycles. The first-order valence-corrected chi connectivity index (χ1v) is 3.26. The van der Waals surface area contributed by atoms with E-state index in [1.165, 1.54) is 11.0 Å². The minimum Gasteiger partial charge on any atom is -0.279 e. The molecule has 1 rings (SSSR count). The van der Waals surface area contributed by atoms with Crippen LogP contribution >= 0.6 is 0 Å². The summed E-state index contributed by atoms with van der Waals surface area (Å²) in [6.07, 6.45) is 3.39. The number of carbonyl (C=O) groups is 2. The van der Waals surface area contributed by atoms with E-state index in [4.69, 9.17) is 0 Å². The predicted molar refractivity (Wildman–Crippen MR) is 36.2 cm³/mol. The zero-order valence-corrected chi connectivity index (χ0v) is 5.83. The standard InChI is InChI=1S/C7H9NO2/c1-2-8-6(9)4-3-5-7(8)10/h3-4H,2,5H2,1H3. The van der Waals surface area contributed by atoms with Gasteiger partial charge in [0.2, 0.25) is 5.91 Å². The van der Waals surface area contributed by atoms with Gasteiger partial charge < -0.3 is 0 Å². The van der Waals surface area contributed by atoms with Crippen molar-refractivity contribution in [3.8, 4) is 0 Å². The number of rotatable bonds is 1. The van der Waals surface area contributed by atoms with Crippen LogP contribution in [-0.2, 0) is 9.59 Å². The summed E-state index contributed by atoms with van der Waals surface area (Å²) >= 11 is 0. The van der Waals surface area contributed by atoms with Gasteiger partial charge in [0.15, 0.2) is 0 Å². The zero-order valence-electron chi connectivity index (χ0n) is 5.83. The van der Waals surface area contributed by atoms with E-state index in [-0.39, 0.29) is 11.8 Å². The Labute approximate surface area is 59.3 Å². The summed E-state index contributed by atoms with van der Waals surface area (Å²) < 4.78 is 0. The Balaban J connectivity index is 2.77. The highest BCUT2D eigenvalue weighted by molar-refractivity contribution is 6.04. The van der Waals surface area contributed by atoms with Crippen LogP contribution in [0.5, 0.6) is 0 Å². The topological polar surface area (TPSA) is 37.4 Å². The molecule has 0 fully saturated rings. The van der Waals surface area contributed by atoms with Crippen molar-refractivity contribution in [2.24, 2.45) is 0 Å². The number of imide groups is 1. The van der Waals surface area contributed by atoms with Crippen LogP contribution < -0.4 is 0 Å². The second-order valence-corrected chi connectivity index (χ2v) is 2.08. The van der Waals surface area contributed by atoms with Crippen molar-refractivity contribution in [3.05, 3.63) is 12.2 Å². The van der Waals surface area contributed by atoms with Crippen LogP contribution in [0.2, 0.25) is 0 Å². The molecular formula is C7H9NO2. The maximum Gasteiger partial charge on any atom is 0.252 e. The van der Waals surface area contributed by atoms with Crippen molar-refractivity contribution < 1.29 is 9.59 Å². The molecule has 1 aliphatic heterocycles. The lowest BCUT2D eigenvalue weighted by atomic mass is 10.2. The van der Waals surface area contributed by atoms with Crippen molar-refractivity contribution in [3.63, 3.8) is 0 Å². The van der Waals surface area contributed by atoms with Crippen LogP contribution in [0.25, 0.3) is 0 Å². The fourth-order valence-corrected chi connectivity index (χ4v) is 0.916. The number of nitrogens with zero attached hydrogens (tertiary/aromatic N) is 1. The summed E-state index contributed by atoms with van der Waals surface area (Å²) in [5.41, 5.74) is 0. The Kier molecular flexibility index (Phi) is 1.85. The molecule has 1 heterocycles. The lowest BCUT2D eigenvalue weighted by Gasteiger charge is -2.18. The largest absolute Gasteiger partial charge is 0.279 e. The van der Waals surface area contributed by atoms with E-state index in [1.54, 1.807) is 13.0 Å². The minimum absolute atomic E-state index is 0.102. The molecule has 0 spiro atoms. The molecule has 0 aromatic heterocycles. The van der Waals surface area contributed by atoms with Crippen molar-refractivity contribution in [2.45, 2.75) is 13.3 Å². The average molecular weight is 139 g/mol. The normalized spacial score (nSPS) is 18.3. The van der Waals surface area contributed by atoms with Crippen LogP contribution in [-0.4, -0.2) is 23.3 Å². The summed E-state index contributed by atoms with van der Waals surface area (Å²) in [7, 11) is 0. The van der Waals surface area contributed by atoms with Crippen molar-refractivity contribution in [1.82, 2.24) is 4.90 Å².